The number of fused-ring (bicyclic) bond motifs is 6. The molecule has 12 aromatic carbocycles. The second kappa shape index (κ2) is 39.7. The molecule has 2 aromatic heterocycles. The molecule has 490 valence electrons. The Labute approximate surface area is 642 Å². The van der Waals surface area contributed by atoms with Crippen LogP contribution in [0.1, 0.15) is 35.1 Å². The topological polar surface area (TPSA) is 9.86 Å². The fraction of sp³-hybridized carbons (Fsp3) is 0.0805. The van der Waals surface area contributed by atoms with Crippen molar-refractivity contribution >= 4 is 118 Å². The van der Waals surface area contributed by atoms with E-state index in [1.807, 2.05) is 86.9 Å². The zero-order chi connectivity index (χ0) is 64.1. The summed E-state index contributed by atoms with van der Waals surface area (Å²) in [6.07, 6.45) is 34.0. The predicted molar refractivity (Wildman–Crippen MR) is 411 cm³/mol. The van der Waals surface area contributed by atoms with Crippen molar-refractivity contribution in [3.05, 3.63) is 363 Å². The average molecular weight is 2060 g/mol. The number of nitrogens with zero attached hydrogens (tertiary/aromatic N) is 2. The van der Waals surface area contributed by atoms with Crippen LogP contribution in [0.5, 0.6) is 0 Å². The Bertz CT molecular complexity index is 4300. The quantitative estimate of drug-likeness (QED) is 0.0318. The van der Waals surface area contributed by atoms with Crippen LogP contribution in [0.25, 0.3) is 43.6 Å². The summed E-state index contributed by atoms with van der Waals surface area (Å²) in [4.78, 5) is 0. The van der Waals surface area contributed by atoms with Crippen molar-refractivity contribution in [3.63, 3.8) is 0 Å². The summed E-state index contributed by atoms with van der Waals surface area (Å²) in [7, 11) is 0.861. The van der Waals surface area contributed by atoms with Crippen LogP contribution < -0.4 is 42.4 Å². The maximum absolute atomic E-state index is 7.19. The second-order valence-corrected chi connectivity index (χ2v) is 33.6. The minimum Gasteiger partial charge on any atom is -0.366 e. The SMILES string of the molecule is [Au+].[Au+].[Au+].[Au+].[C-]#Cc1ccc2c3ccc(C#[C-])cc3n(C)c2c1.[C-]#Cc1ccc2c3ccc(C#[C-])cc3n(C)c2c1.c1ccc([PH+](CCCC[PH+](c2ccccc2)c2ccccc2)c2ccccc2)cc1.c1ccc([PH+](C[PH+](c2ccccc2)c2ccccc2)c2ccccc2)cc1. The summed E-state index contributed by atoms with van der Waals surface area (Å²) >= 11 is 0. The van der Waals surface area contributed by atoms with Crippen LogP contribution in [0.4, 0.5) is 0 Å². The van der Waals surface area contributed by atoms with Gasteiger partial charge in [-0.25, -0.2) is 0 Å². The van der Waals surface area contributed by atoms with E-state index < -0.39 is 31.7 Å². The second-order valence-electron chi connectivity index (χ2n) is 22.8. The Hall–Kier alpha value is -6.84. The van der Waals surface area contributed by atoms with Crippen LogP contribution >= 0.6 is 31.7 Å². The molecule has 0 aliphatic rings. The molecule has 0 N–H and O–H groups in total. The third-order valence-electron chi connectivity index (χ3n) is 17.0. The maximum atomic E-state index is 7.19. The van der Waals surface area contributed by atoms with Crippen LogP contribution in [0, 0.1) is 49.4 Å². The molecule has 0 atom stereocenters. The number of hydrogen-bond donors (Lipinski definition) is 0. The van der Waals surface area contributed by atoms with Crippen LogP contribution in [-0.4, -0.2) is 27.4 Å². The first-order valence-electron chi connectivity index (χ1n) is 31.4. The van der Waals surface area contributed by atoms with Gasteiger partial charge < -0.3 is 34.8 Å². The molecule has 0 fully saturated rings. The number of aromatic nitrogens is 2. The third kappa shape index (κ3) is 20.0. The van der Waals surface area contributed by atoms with E-state index in [1.165, 1.54) is 73.5 Å². The smallest absolute Gasteiger partial charge is 0.366 e. The van der Waals surface area contributed by atoms with Crippen molar-refractivity contribution in [2.45, 2.75) is 12.8 Å². The molecule has 0 radical (unpaired) electrons. The summed E-state index contributed by atoms with van der Waals surface area (Å²) in [5.41, 5.74) is 7.38. The van der Waals surface area contributed by atoms with Gasteiger partial charge in [0.2, 0.25) is 0 Å². The van der Waals surface area contributed by atoms with Gasteiger partial charge in [-0.15, -0.1) is 70.8 Å². The van der Waals surface area contributed by atoms with E-state index in [1.54, 1.807) is 0 Å². The van der Waals surface area contributed by atoms with Gasteiger partial charge in [-0.05, 0) is 110 Å². The van der Waals surface area contributed by atoms with Crippen molar-refractivity contribution in [3.8, 4) is 23.7 Å². The summed E-state index contributed by atoms with van der Waals surface area (Å²) in [5, 5.41) is 16.8. The number of unbranched alkanes of at least 4 members (excludes halogenated alkanes) is 1. The van der Waals surface area contributed by atoms with Gasteiger partial charge >= 0.3 is 89.5 Å². The van der Waals surface area contributed by atoms with E-state index in [-0.39, 0.29) is 89.5 Å². The molecular formula is C87H72Au4N2P4+4. The molecule has 0 amide bonds. The first-order valence-corrected chi connectivity index (χ1v) is 38.3. The van der Waals surface area contributed by atoms with Gasteiger partial charge in [0.1, 0.15) is 37.1 Å². The fourth-order valence-corrected chi connectivity index (χ4v) is 25.4. The molecule has 2 heterocycles. The molecule has 97 heavy (non-hydrogen) atoms. The number of aryl methyl sites for hydroxylation is 2. The fourth-order valence-electron chi connectivity index (χ4n) is 12.3. The Kier molecular flexibility index (Phi) is 31.7. The molecule has 0 aliphatic carbocycles. The van der Waals surface area contributed by atoms with Gasteiger partial charge in [-0.3, -0.25) is 23.7 Å². The minimum atomic E-state index is -0.847. The molecule has 2 nitrogen and oxygen atoms in total. The van der Waals surface area contributed by atoms with Crippen molar-refractivity contribution in [2.75, 3.05) is 18.2 Å². The van der Waals surface area contributed by atoms with Gasteiger partial charge in [-0.2, -0.15) is 0 Å². The van der Waals surface area contributed by atoms with Crippen LogP contribution in [-0.2, 0) is 104 Å². The molecule has 0 aliphatic heterocycles. The molecule has 0 unspecified atom stereocenters. The van der Waals surface area contributed by atoms with Crippen molar-refractivity contribution in [1.82, 2.24) is 9.13 Å². The van der Waals surface area contributed by atoms with Crippen molar-refractivity contribution < 1.29 is 89.5 Å². The zero-order valence-electron chi connectivity index (χ0n) is 53.7. The molecule has 0 spiro atoms. The van der Waals surface area contributed by atoms with E-state index in [9.17, 15) is 0 Å². The normalized spacial score (nSPS) is 10.4. The third-order valence-corrected chi connectivity index (χ3v) is 29.8. The van der Waals surface area contributed by atoms with Crippen molar-refractivity contribution in [1.29, 1.82) is 0 Å². The zero-order valence-corrected chi connectivity index (χ0v) is 66.3. The largest absolute Gasteiger partial charge is 1.00 e. The molecule has 0 saturated carbocycles. The molecule has 14 aromatic rings. The van der Waals surface area contributed by atoms with Crippen molar-refractivity contribution in [2.24, 2.45) is 14.1 Å². The van der Waals surface area contributed by atoms with Gasteiger partial charge in [0, 0.05) is 57.7 Å². The Balaban J connectivity index is 0.000000184. The Morgan fingerprint density at radius 1 is 0.247 bits per heavy atom. The number of benzene rings is 12. The van der Waals surface area contributed by atoms with E-state index in [4.69, 9.17) is 25.7 Å². The first kappa shape index (κ1) is 77.5. The van der Waals surface area contributed by atoms with Crippen LogP contribution in [0.2, 0.25) is 0 Å². The summed E-state index contributed by atoms with van der Waals surface area (Å²) < 4.78 is 4.15. The summed E-state index contributed by atoms with van der Waals surface area (Å²) in [5.74, 6) is 10.9. The summed E-state index contributed by atoms with van der Waals surface area (Å²) in [6.45, 7) is 0. The number of hydrogen-bond acceptors (Lipinski definition) is 0. The van der Waals surface area contributed by atoms with Crippen LogP contribution in [0.15, 0.2) is 315 Å². The van der Waals surface area contributed by atoms with E-state index in [2.05, 4.69) is 275 Å². The van der Waals surface area contributed by atoms with E-state index in [0.717, 1.165) is 65.9 Å². The van der Waals surface area contributed by atoms with E-state index in [0.29, 0.717) is 0 Å². The standard InChI is InChI=1S/C28H28P2.C25H22P2.2C17H9N.4Au/c1-5-15-25(16-6-1)29(26-17-7-2-8-18-26)23-13-14-24-30(27-19-9-3-10-20-27)28-21-11-4-12-22-28;1-5-13-22(14-6-1)26(23-15-7-2-8-16-23)21-27(24-17-9-3-10-18-24)25-19-11-4-12-20-25;2*1-4-12-6-8-14-15-9-7-13(5-2)11-17(15)18(3)16(14)10-12;;;;/h1-12,15-22H,13-14,23-24H2;1-20H,21H2;2*6-11H,3H3;;;;/q;;2*-2;4*+1/p+4. The monoisotopic (exact) mass is 2060 g/mol. The summed E-state index contributed by atoms with van der Waals surface area (Å²) in [6, 6.07) is 113. The Morgan fingerprint density at radius 2 is 0.423 bits per heavy atom. The van der Waals surface area contributed by atoms with Gasteiger partial charge in [0.05, 0.1) is 49.4 Å². The first-order chi connectivity index (χ1) is 45.8. The maximum Gasteiger partial charge on any atom is 1.00 e. The molecular weight excluding hydrogens is 1980 g/mol. The molecule has 14 rings (SSSR count). The minimum absolute atomic E-state index is 0. The number of rotatable bonds is 15. The average Bonchev–Trinajstić information content (AvgIpc) is 1.64. The van der Waals surface area contributed by atoms with Gasteiger partial charge in [0.25, 0.3) is 0 Å². The van der Waals surface area contributed by atoms with Gasteiger partial charge in [0.15, 0.2) is 5.90 Å². The Morgan fingerprint density at radius 3 is 0.598 bits per heavy atom. The molecule has 0 bridgehead atoms. The van der Waals surface area contributed by atoms with Gasteiger partial charge in [-0.1, -0.05) is 170 Å². The molecule has 10 heteroatoms. The molecule has 0 saturated heterocycles. The van der Waals surface area contributed by atoms with E-state index >= 15 is 0 Å². The van der Waals surface area contributed by atoms with Crippen LogP contribution in [0.3, 0.4) is 0 Å². The predicted octanol–water partition coefficient (Wildman–Crippen LogP) is 16.6.